The van der Waals surface area contributed by atoms with Crippen molar-refractivity contribution in [2.75, 3.05) is 5.32 Å². The van der Waals surface area contributed by atoms with E-state index in [1.807, 2.05) is 6.92 Å². The molecule has 0 bridgehead atoms. The molecule has 2 aromatic carbocycles. The van der Waals surface area contributed by atoms with Gasteiger partial charge in [-0.3, -0.25) is 9.59 Å². The van der Waals surface area contributed by atoms with E-state index in [9.17, 15) is 22.4 Å². The standard InChI is InChI=1S/C19H15ClFN3O4S/c1-12-5-6-16(15(20)9-12)22-17(25)11-24-19(26)8-7-18(23-24)29(27,28)14-4-2-3-13(21)10-14/h2-10H,11H2,1H3,(H,22,25). The molecule has 0 atom stereocenters. The Morgan fingerprint density at radius 2 is 1.93 bits per heavy atom. The van der Waals surface area contributed by atoms with Crippen LogP contribution in [0.1, 0.15) is 5.56 Å². The molecule has 1 aromatic heterocycles. The molecule has 1 N–H and O–H groups in total. The van der Waals surface area contributed by atoms with Crippen molar-refractivity contribution in [3.05, 3.63) is 81.4 Å². The number of rotatable bonds is 5. The minimum absolute atomic E-state index is 0.314. The maximum absolute atomic E-state index is 13.4. The number of hydrogen-bond donors (Lipinski definition) is 1. The van der Waals surface area contributed by atoms with E-state index in [0.29, 0.717) is 15.4 Å². The first-order valence-electron chi connectivity index (χ1n) is 8.31. The fourth-order valence-corrected chi connectivity index (χ4v) is 3.99. The molecule has 10 heteroatoms. The highest BCUT2D eigenvalue weighted by Crippen LogP contribution is 2.22. The number of aryl methyl sites for hydroxylation is 1. The molecule has 150 valence electrons. The average molecular weight is 436 g/mol. The molecule has 0 aliphatic heterocycles. The number of nitrogens with zero attached hydrogens (tertiary/aromatic N) is 2. The summed E-state index contributed by atoms with van der Waals surface area (Å²) in [4.78, 5) is 24.0. The normalized spacial score (nSPS) is 11.3. The average Bonchev–Trinajstić information content (AvgIpc) is 2.65. The van der Waals surface area contributed by atoms with Crippen LogP contribution in [0.2, 0.25) is 5.02 Å². The molecule has 7 nitrogen and oxygen atoms in total. The van der Waals surface area contributed by atoms with Crippen molar-refractivity contribution >= 4 is 33.0 Å². The minimum atomic E-state index is -4.17. The molecule has 0 radical (unpaired) electrons. The van der Waals surface area contributed by atoms with Crippen LogP contribution in [0.25, 0.3) is 0 Å². The van der Waals surface area contributed by atoms with Crippen molar-refractivity contribution < 1.29 is 17.6 Å². The molecule has 0 saturated carbocycles. The monoisotopic (exact) mass is 435 g/mol. The molecule has 0 spiro atoms. The first kappa shape index (κ1) is 20.7. The first-order valence-corrected chi connectivity index (χ1v) is 10.2. The number of benzene rings is 2. The van der Waals surface area contributed by atoms with Crippen LogP contribution < -0.4 is 10.9 Å². The smallest absolute Gasteiger partial charge is 0.267 e. The van der Waals surface area contributed by atoms with Crippen LogP contribution in [0.5, 0.6) is 0 Å². The number of halogens is 2. The number of carbonyl (C=O) groups is 1. The second-order valence-corrected chi connectivity index (χ2v) is 8.46. The summed E-state index contributed by atoms with van der Waals surface area (Å²) in [6, 6.07) is 11.4. The zero-order valence-corrected chi connectivity index (χ0v) is 16.7. The highest BCUT2D eigenvalue weighted by Gasteiger charge is 2.21. The van der Waals surface area contributed by atoms with E-state index in [-0.39, 0.29) is 4.90 Å². The molecule has 0 unspecified atom stereocenters. The summed E-state index contributed by atoms with van der Waals surface area (Å²) in [5.41, 5.74) is 0.577. The van der Waals surface area contributed by atoms with Gasteiger partial charge in [-0.1, -0.05) is 23.7 Å². The molecule has 0 saturated heterocycles. The van der Waals surface area contributed by atoms with Crippen molar-refractivity contribution in [1.29, 1.82) is 0 Å². The van der Waals surface area contributed by atoms with Gasteiger partial charge in [-0.2, -0.15) is 5.10 Å². The number of hydrogen-bond acceptors (Lipinski definition) is 5. The van der Waals surface area contributed by atoms with Crippen LogP contribution in [-0.2, 0) is 21.2 Å². The summed E-state index contributed by atoms with van der Waals surface area (Å²) in [5, 5.41) is 6.15. The Balaban J connectivity index is 1.87. The van der Waals surface area contributed by atoms with Crippen molar-refractivity contribution in [3.63, 3.8) is 0 Å². The van der Waals surface area contributed by atoms with Crippen molar-refractivity contribution in [2.24, 2.45) is 0 Å². The number of aromatic nitrogens is 2. The first-order chi connectivity index (χ1) is 13.7. The van der Waals surface area contributed by atoms with Gasteiger partial charge in [-0.05, 0) is 48.9 Å². The molecule has 1 heterocycles. The summed E-state index contributed by atoms with van der Waals surface area (Å²) >= 11 is 6.06. The Hall–Kier alpha value is -3.04. The summed E-state index contributed by atoms with van der Waals surface area (Å²) in [7, 11) is -4.17. The summed E-state index contributed by atoms with van der Waals surface area (Å²) in [6.07, 6.45) is 0. The van der Waals surface area contributed by atoms with E-state index < -0.39 is 38.7 Å². The highest BCUT2D eigenvalue weighted by molar-refractivity contribution is 7.91. The van der Waals surface area contributed by atoms with Crippen molar-refractivity contribution in [3.8, 4) is 0 Å². The molecule has 0 fully saturated rings. The third kappa shape index (κ3) is 4.69. The third-order valence-electron chi connectivity index (χ3n) is 3.92. The fraction of sp³-hybridized carbons (Fsp3) is 0.105. The van der Waals surface area contributed by atoms with E-state index in [2.05, 4.69) is 10.4 Å². The van der Waals surface area contributed by atoms with E-state index in [4.69, 9.17) is 11.6 Å². The zero-order valence-electron chi connectivity index (χ0n) is 15.1. The van der Waals surface area contributed by atoms with Crippen LogP contribution in [0, 0.1) is 12.7 Å². The van der Waals surface area contributed by atoms with E-state index in [1.165, 1.54) is 12.1 Å². The van der Waals surface area contributed by atoms with Gasteiger partial charge in [0.15, 0.2) is 5.03 Å². The quantitative estimate of drug-likeness (QED) is 0.664. The van der Waals surface area contributed by atoms with Gasteiger partial charge in [0.25, 0.3) is 5.56 Å². The van der Waals surface area contributed by atoms with E-state index >= 15 is 0 Å². The van der Waals surface area contributed by atoms with Crippen LogP contribution in [0.3, 0.4) is 0 Å². The Morgan fingerprint density at radius 1 is 1.17 bits per heavy atom. The second-order valence-electron chi connectivity index (χ2n) is 6.16. The fourth-order valence-electron chi connectivity index (χ4n) is 2.49. The Morgan fingerprint density at radius 3 is 2.62 bits per heavy atom. The van der Waals surface area contributed by atoms with Gasteiger partial charge in [0.05, 0.1) is 15.6 Å². The van der Waals surface area contributed by atoms with Gasteiger partial charge in [0.1, 0.15) is 12.4 Å². The third-order valence-corrected chi connectivity index (χ3v) is 5.87. The van der Waals surface area contributed by atoms with Gasteiger partial charge >= 0.3 is 0 Å². The predicted octanol–water partition coefficient (Wildman–Crippen LogP) is 2.82. The highest BCUT2D eigenvalue weighted by atomic mass is 35.5. The van der Waals surface area contributed by atoms with Crippen molar-refractivity contribution in [2.45, 2.75) is 23.4 Å². The number of carbonyl (C=O) groups excluding carboxylic acids is 1. The lowest BCUT2D eigenvalue weighted by atomic mass is 10.2. The van der Waals surface area contributed by atoms with Crippen LogP contribution >= 0.6 is 11.6 Å². The number of amides is 1. The van der Waals surface area contributed by atoms with Gasteiger partial charge in [0.2, 0.25) is 15.7 Å². The van der Waals surface area contributed by atoms with Gasteiger partial charge < -0.3 is 5.32 Å². The van der Waals surface area contributed by atoms with E-state index in [0.717, 1.165) is 29.8 Å². The largest absolute Gasteiger partial charge is 0.323 e. The van der Waals surface area contributed by atoms with Crippen LogP contribution in [0.15, 0.2) is 69.3 Å². The van der Waals surface area contributed by atoms with Gasteiger partial charge in [0, 0.05) is 6.07 Å². The summed E-state index contributed by atoms with van der Waals surface area (Å²) in [5.74, 6) is -1.35. The number of sulfone groups is 1. The maximum atomic E-state index is 13.4. The second kappa shape index (κ2) is 8.14. The Kier molecular flexibility index (Phi) is 5.81. The minimum Gasteiger partial charge on any atom is -0.323 e. The molecule has 29 heavy (non-hydrogen) atoms. The lowest BCUT2D eigenvalue weighted by molar-refractivity contribution is -0.117. The molecule has 3 aromatic rings. The zero-order chi connectivity index (χ0) is 21.2. The van der Waals surface area contributed by atoms with E-state index in [1.54, 1.807) is 18.2 Å². The number of nitrogens with one attached hydrogen (secondary N) is 1. The Bertz CT molecular complexity index is 1260. The van der Waals surface area contributed by atoms with Gasteiger partial charge in [-0.15, -0.1) is 0 Å². The lowest BCUT2D eigenvalue weighted by Crippen LogP contribution is -2.30. The number of anilines is 1. The SMILES string of the molecule is Cc1ccc(NC(=O)Cn2nc(S(=O)(=O)c3cccc(F)c3)ccc2=O)c(Cl)c1. The molecular weight excluding hydrogens is 421 g/mol. The molecular formula is C19H15ClFN3O4S. The Labute approximate surface area is 170 Å². The topological polar surface area (TPSA) is 98.1 Å². The predicted molar refractivity (Wildman–Crippen MR) is 105 cm³/mol. The summed E-state index contributed by atoms with van der Waals surface area (Å²) < 4.78 is 39.4. The van der Waals surface area contributed by atoms with Crippen LogP contribution in [0.4, 0.5) is 10.1 Å². The summed E-state index contributed by atoms with van der Waals surface area (Å²) in [6.45, 7) is 1.31. The van der Waals surface area contributed by atoms with Crippen molar-refractivity contribution in [1.82, 2.24) is 9.78 Å². The molecule has 1 amide bonds. The molecule has 0 aliphatic carbocycles. The van der Waals surface area contributed by atoms with Gasteiger partial charge in [-0.25, -0.2) is 17.5 Å². The molecule has 3 rings (SSSR count). The molecule has 0 aliphatic rings. The lowest BCUT2D eigenvalue weighted by Gasteiger charge is -2.10. The van der Waals surface area contributed by atoms with Crippen LogP contribution in [-0.4, -0.2) is 24.1 Å². The maximum Gasteiger partial charge on any atom is 0.267 e.